The molecule has 2 aromatic heterocycles. The van der Waals surface area contributed by atoms with Crippen LogP contribution in [0.15, 0.2) is 29.7 Å². The molecule has 0 spiro atoms. The Labute approximate surface area is 142 Å². The summed E-state index contributed by atoms with van der Waals surface area (Å²) in [5, 5.41) is 9.88. The Hall–Kier alpha value is -1.40. The molecule has 0 aliphatic carbocycles. The molecule has 0 radical (unpaired) electrons. The van der Waals surface area contributed by atoms with E-state index in [9.17, 15) is 0 Å². The van der Waals surface area contributed by atoms with E-state index in [0.29, 0.717) is 0 Å². The molecule has 0 saturated carbocycles. The van der Waals surface area contributed by atoms with Crippen molar-refractivity contribution in [3.05, 3.63) is 24.5 Å². The number of hydrogen-bond donors (Lipinski definition) is 0. The Balaban J connectivity index is 1.66. The Bertz CT molecular complexity index is 613. The van der Waals surface area contributed by atoms with E-state index in [0.717, 1.165) is 47.7 Å². The molecule has 6 heteroatoms. The van der Waals surface area contributed by atoms with Crippen LogP contribution in [0.1, 0.15) is 26.7 Å². The third kappa shape index (κ3) is 4.12. The molecule has 1 saturated heterocycles. The molecule has 3 heterocycles. The van der Waals surface area contributed by atoms with Gasteiger partial charge in [-0.15, -0.1) is 10.2 Å². The molecule has 1 aliphatic rings. The van der Waals surface area contributed by atoms with Crippen molar-refractivity contribution >= 4 is 11.8 Å². The smallest absolute Gasteiger partial charge is 0.191 e. The molecule has 0 N–H and O–H groups in total. The largest absolute Gasteiger partial charge is 0.302 e. The summed E-state index contributed by atoms with van der Waals surface area (Å²) < 4.78 is 2.24. The summed E-state index contributed by atoms with van der Waals surface area (Å²) in [6.45, 7) is 9.10. The average molecular weight is 331 g/mol. The lowest BCUT2D eigenvalue weighted by molar-refractivity contribution is 0.349. The van der Waals surface area contributed by atoms with Crippen molar-refractivity contribution in [2.75, 3.05) is 25.4 Å². The van der Waals surface area contributed by atoms with E-state index in [2.05, 4.69) is 38.5 Å². The second kappa shape index (κ2) is 7.93. The highest BCUT2D eigenvalue weighted by molar-refractivity contribution is 7.99. The minimum absolute atomic E-state index is 0.849. The quantitative estimate of drug-likeness (QED) is 0.729. The molecule has 0 aromatic carbocycles. The second-order valence-electron chi connectivity index (χ2n) is 6.24. The summed E-state index contributed by atoms with van der Waals surface area (Å²) in [6, 6.07) is 3.99. The number of aromatic nitrogens is 4. The lowest BCUT2D eigenvalue weighted by Crippen LogP contribution is -2.23. The van der Waals surface area contributed by atoms with Gasteiger partial charge in [0, 0.05) is 43.3 Å². The molecular formula is C17H25N5S. The summed E-state index contributed by atoms with van der Waals surface area (Å²) in [7, 11) is 0. The lowest BCUT2D eigenvalue weighted by atomic mass is 10.2. The van der Waals surface area contributed by atoms with Crippen LogP contribution in [-0.2, 0) is 6.54 Å². The number of hydrogen-bond acceptors (Lipinski definition) is 5. The van der Waals surface area contributed by atoms with Gasteiger partial charge in [0.05, 0.1) is 0 Å². The van der Waals surface area contributed by atoms with Crippen molar-refractivity contribution in [2.45, 2.75) is 38.4 Å². The van der Waals surface area contributed by atoms with Crippen LogP contribution in [-0.4, -0.2) is 50.0 Å². The molecule has 1 atom stereocenters. The first-order valence-corrected chi connectivity index (χ1v) is 9.45. The first-order valence-electron chi connectivity index (χ1n) is 8.46. The van der Waals surface area contributed by atoms with Crippen molar-refractivity contribution in [1.82, 2.24) is 24.6 Å². The number of thioether (sulfide) groups is 1. The first kappa shape index (κ1) is 16.5. The molecule has 2 aromatic rings. The maximum absolute atomic E-state index is 4.43. The minimum Gasteiger partial charge on any atom is -0.302 e. The predicted octanol–water partition coefficient (Wildman–Crippen LogP) is 3.18. The van der Waals surface area contributed by atoms with Gasteiger partial charge >= 0.3 is 0 Å². The number of likely N-dealkylation sites (tertiary alicyclic amines) is 1. The molecule has 1 fully saturated rings. The number of rotatable bonds is 7. The molecule has 1 aliphatic heterocycles. The van der Waals surface area contributed by atoms with E-state index in [1.165, 1.54) is 19.5 Å². The Kier molecular flexibility index (Phi) is 5.67. The van der Waals surface area contributed by atoms with E-state index in [1.54, 1.807) is 0 Å². The van der Waals surface area contributed by atoms with Gasteiger partial charge in [-0.25, -0.2) is 0 Å². The first-order chi connectivity index (χ1) is 11.3. The van der Waals surface area contributed by atoms with Gasteiger partial charge in [-0.3, -0.25) is 4.98 Å². The fourth-order valence-corrected chi connectivity index (χ4v) is 3.99. The van der Waals surface area contributed by atoms with Gasteiger partial charge < -0.3 is 9.47 Å². The van der Waals surface area contributed by atoms with Crippen molar-refractivity contribution in [3.8, 4) is 11.4 Å². The fourth-order valence-electron chi connectivity index (χ4n) is 3.03. The molecule has 23 heavy (non-hydrogen) atoms. The van der Waals surface area contributed by atoms with E-state index >= 15 is 0 Å². The predicted molar refractivity (Wildman–Crippen MR) is 94.5 cm³/mol. The summed E-state index contributed by atoms with van der Waals surface area (Å²) in [6.07, 6.45) is 6.03. The molecule has 5 nitrogen and oxygen atoms in total. The third-order valence-electron chi connectivity index (χ3n) is 4.25. The zero-order chi connectivity index (χ0) is 16.1. The topological polar surface area (TPSA) is 46.8 Å². The highest BCUT2D eigenvalue weighted by Crippen LogP contribution is 2.24. The van der Waals surface area contributed by atoms with Gasteiger partial charge in [-0.05, 0) is 37.4 Å². The minimum atomic E-state index is 0.849. The molecule has 1 unspecified atom stereocenters. The molecule has 0 bridgehead atoms. The van der Waals surface area contributed by atoms with E-state index in [4.69, 9.17) is 0 Å². The normalized spacial score (nSPS) is 18.6. The van der Waals surface area contributed by atoms with E-state index in [-0.39, 0.29) is 0 Å². The van der Waals surface area contributed by atoms with Gasteiger partial charge in [0.2, 0.25) is 0 Å². The summed E-state index contributed by atoms with van der Waals surface area (Å²) in [5.74, 6) is 2.87. The van der Waals surface area contributed by atoms with Gasteiger partial charge in [0.1, 0.15) is 0 Å². The Morgan fingerprint density at radius 3 is 2.74 bits per heavy atom. The van der Waals surface area contributed by atoms with Crippen molar-refractivity contribution < 1.29 is 0 Å². The molecular weight excluding hydrogens is 306 g/mol. The van der Waals surface area contributed by atoms with Crippen LogP contribution in [0, 0.1) is 5.92 Å². The van der Waals surface area contributed by atoms with Gasteiger partial charge in [0.25, 0.3) is 0 Å². The van der Waals surface area contributed by atoms with Crippen LogP contribution >= 0.6 is 11.8 Å². The van der Waals surface area contributed by atoms with Crippen molar-refractivity contribution in [3.63, 3.8) is 0 Å². The summed E-state index contributed by atoms with van der Waals surface area (Å²) >= 11 is 1.82. The van der Waals surface area contributed by atoms with Crippen molar-refractivity contribution in [2.24, 2.45) is 5.92 Å². The van der Waals surface area contributed by atoms with Crippen LogP contribution in [0.3, 0.4) is 0 Å². The van der Waals surface area contributed by atoms with Gasteiger partial charge in [-0.2, -0.15) is 0 Å². The average Bonchev–Trinajstić information content (AvgIpc) is 3.16. The monoisotopic (exact) mass is 331 g/mol. The third-order valence-corrected chi connectivity index (χ3v) is 5.20. The Morgan fingerprint density at radius 2 is 2.04 bits per heavy atom. The highest BCUT2D eigenvalue weighted by atomic mass is 32.2. The van der Waals surface area contributed by atoms with E-state index in [1.807, 2.05) is 36.3 Å². The van der Waals surface area contributed by atoms with Crippen LogP contribution < -0.4 is 0 Å². The molecule has 0 amide bonds. The summed E-state index contributed by atoms with van der Waals surface area (Å²) in [4.78, 5) is 6.64. The van der Waals surface area contributed by atoms with Crippen LogP contribution in [0.25, 0.3) is 11.4 Å². The molecule has 3 rings (SSSR count). The standard InChI is InChI=1S/C17H25N5S/c1-3-9-22-16(15-4-7-18-8-5-15)19-20-17(22)23-12-11-21-10-6-14(2)13-21/h4-5,7-8,14H,3,6,9-13H2,1-2H3. The second-order valence-corrected chi connectivity index (χ2v) is 7.30. The highest BCUT2D eigenvalue weighted by Gasteiger charge is 2.19. The van der Waals surface area contributed by atoms with Crippen LogP contribution in [0.5, 0.6) is 0 Å². The van der Waals surface area contributed by atoms with E-state index < -0.39 is 0 Å². The zero-order valence-corrected chi connectivity index (χ0v) is 14.8. The SMILES string of the molecule is CCCn1c(SCCN2CCC(C)C2)nnc1-c1ccncc1. The maximum Gasteiger partial charge on any atom is 0.191 e. The number of nitrogens with zero attached hydrogens (tertiary/aromatic N) is 5. The van der Waals surface area contributed by atoms with Gasteiger partial charge in [0.15, 0.2) is 11.0 Å². The van der Waals surface area contributed by atoms with Crippen LogP contribution in [0.2, 0.25) is 0 Å². The Morgan fingerprint density at radius 1 is 1.22 bits per heavy atom. The maximum atomic E-state index is 4.43. The lowest BCUT2D eigenvalue weighted by Gasteiger charge is -2.14. The van der Waals surface area contributed by atoms with Gasteiger partial charge in [-0.1, -0.05) is 25.6 Å². The summed E-state index contributed by atoms with van der Waals surface area (Å²) in [5.41, 5.74) is 1.08. The number of pyridine rings is 1. The zero-order valence-electron chi connectivity index (χ0n) is 14.0. The fraction of sp³-hybridized carbons (Fsp3) is 0.588. The molecule has 124 valence electrons. The van der Waals surface area contributed by atoms with Crippen LogP contribution in [0.4, 0.5) is 0 Å². The van der Waals surface area contributed by atoms with Crippen molar-refractivity contribution in [1.29, 1.82) is 0 Å².